The summed E-state index contributed by atoms with van der Waals surface area (Å²) in [5.74, 6) is -0.226. The molecule has 0 radical (unpaired) electrons. The molecular formula is C23H20N2O6S. The van der Waals surface area contributed by atoms with E-state index in [1.54, 1.807) is 19.2 Å². The van der Waals surface area contributed by atoms with Gasteiger partial charge in [0.1, 0.15) is 5.69 Å². The van der Waals surface area contributed by atoms with Crippen LogP contribution in [0, 0.1) is 0 Å². The standard InChI is InChI=1S/C23H20N2O6S/c1-30-20-6-4-5-14-11-21(31-22(14)20)19-13-17(23(26)27)16-12-15(7-8-18(16)24-19)32(28,29)25-9-2-3-10-25/h4-8,11-13H,2-3,9-10H2,1H3,(H,26,27). The highest BCUT2D eigenvalue weighted by Gasteiger charge is 2.28. The Morgan fingerprint density at radius 1 is 1.12 bits per heavy atom. The SMILES string of the molecule is COc1cccc2cc(-c3cc(C(=O)O)c4cc(S(=O)(=O)N5CCCC5)ccc4n3)oc12. The first-order chi connectivity index (χ1) is 15.4. The highest BCUT2D eigenvalue weighted by Crippen LogP contribution is 2.34. The van der Waals surface area contributed by atoms with Gasteiger partial charge in [0, 0.05) is 23.9 Å². The number of rotatable bonds is 5. The molecule has 1 fully saturated rings. The number of carboxylic acid groups (broad SMARTS) is 1. The third-order valence-electron chi connectivity index (χ3n) is 5.69. The molecule has 1 saturated heterocycles. The number of hydrogen-bond acceptors (Lipinski definition) is 6. The number of hydrogen-bond donors (Lipinski definition) is 1. The van der Waals surface area contributed by atoms with Gasteiger partial charge < -0.3 is 14.3 Å². The normalized spacial score (nSPS) is 14.9. The van der Waals surface area contributed by atoms with Crippen molar-refractivity contribution in [1.29, 1.82) is 0 Å². The molecule has 9 heteroatoms. The molecule has 0 amide bonds. The molecule has 4 aromatic rings. The number of benzene rings is 2. The zero-order valence-corrected chi connectivity index (χ0v) is 18.1. The second-order valence-corrected chi connectivity index (χ2v) is 9.58. The summed E-state index contributed by atoms with van der Waals surface area (Å²) >= 11 is 0. The Morgan fingerprint density at radius 3 is 2.62 bits per heavy atom. The largest absolute Gasteiger partial charge is 0.493 e. The van der Waals surface area contributed by atoms with Gasteiger partial charge in [0.05, 0.1) is 23.1 Å². The molecule has 1 N–H and O–H groups in total. The second-order valence-electron chi connectivity index (χ2n) is 7.64. The summed E-state index contributed by atoms with van der Waals surface area (Å²) in [6.07, 6.45) is 1.64. The third kappa shape index (κ3) is 3.30. The average molecular weight is 452 g/mol. The van der Waals surface area contributed by atoms with E-state index in [-0.39, 0.29) is 15.8 Å². The number of methoxy groups -OCH3 is 1. The lowest BCUT2D eigenvalue weighted by atomic mass is 10.1. The molecule has 1 aliphatic heterocycles. The van der Waals surface area contributed by atoms with Crippen molar-refractivity contribution in [2.24, 2.45) is 0 Å². The molecule has 0 atom stereocenters. The van der Waals surface area contributed by atoms with Gasteiger partial charge in [-0.3, -0.25) is 0 Å². The molecule has 32 heavy (non-hydrogen) atoms. The molecular weight excluding hydrogens is 432 g/mol. The maximum atomic E-state index is 12.9. The van der Waals surface area contributed by atoms with Gasteiger partial charge in [-0.25, -0.2) is 18.2 Å². The first kappa shape index (κ1) is 20.5. The summed E-state index contributed by atoms with van der Waals surface area (Å²) < 4.78 is 38.6. The van der Waals surface area contributed by atoms with Crippen LogP contribution in [0.3, 0.4) is 0 Å². The van der Waals surface area contributed by atoms with E-state index >= 15 is 0 Å². The van der Waals surface area contributed by atoms with Gasteiger partial charge in [0.2, 0.25) is 10.0 Å². The van der Waals surface area contributed by atoms with Crippen LogP contribution in [0.4, 0.5) is 0 Å². The van der Waals surface area contributed by atoms with Crippen LogP contribution in [-0.2, 0) is 10.0 Å². The fraction of sp³-hybridized carbons (Fsp3) is 0.217. The monoisotopic (exact) mass is 452 g/mol. The molecule has 2 aromatic heterocycles. The zero-order valence-electron chi connectivity index (χ0n) is 17.2. The molecule has 0 aliphatic carbocycles. The van der Waals surface area contributed by atoms with Crippen LogP contribution in [0.15, 0.2) is 57.8 Å². The number of para-hydroxylation sites is 1. The van der Waals surface area contributed by atoms with E-state index in [4.69, 9.17) is 9.15 Å². The minimum absolute atomic E-state index is 0.0455. The predicted molar refractivity (Wildman–Crippen MR) is 118 cm³/mol. The number of aromatic carboxylic acids is 1. The van der Waals surface area contributed by atoms with E-state index in [1.165, 1.54) is 28.6 Å². The van der Waals surface area contributed by atoms with Crippen molar-refractivity contribution in [2.45, 2.75) is 17.7 Å². The molecule has 1 aliphatic rings. The fourth-order valence-electron chi connectivity index (χ4n) is 4.07. The summed E-state index contributed by atoms with van der Waals surface area (Å²) in [4.78, 5) is 16.7. The van der Waals surface area contributed by atoms with Crippen LogP contribution in [0.2, 0.25) is 0 Å². The van der Waals surface area contributed by atoms with Crippen molar-refractivity contribution in [3.63, 3.8) is 0 Å². The lowest BCUT2D eigenvalue weighted by molar-refractivity contribution is 0.0699. The van der Waals surface area contributed by atoms with Gasteiger partial charge in [0.15, 0.2) is 17.1 Å². The Labute approximate surface area is 184 Å². The second kappa shape index (κ2) is 7.61. The molecule has 0 saturated carbocycles. The van der Waals surface area contributed by atoms with Gasteiger partial charge in [-0.05, 0) is 49.2 Å². The van der Waals surface area contributed by atoms with Crippen LogP contribution in [0.1, 0.15) is 23.2 Å². The Balaban J connectivity index is 1.66. The van der Waals surface area contributed by atoms with Gasteiger partial charge >= 0.3 is 5.97 Å². The van der Waals surface area contributed by atoms with Crippen molar-refractivity contribution < 1.29 is 27.5 Å². The molecule has 0 unspecified atom stereocenters. The molecule has 8 nitrogen and oxygen atoms in total. The lowest BCUT2D eigenvalue weighted by Gasteiger charge is -2.16. The number of fused-ring (bicyclic) bond motifs is 2. The number of furan rings is 1. The van der Waals surface area contributed by atoms with Crippen molar-refractivity contribution in [2.75, 3.05) is 20.2 Å². The van der Waals surface area contributed by atoms with E-state index in [2.05, 4.69) is 4.98 Å². The fourth-order valence-corrected chi connectivity index (χ4v) is 5.61. The minimum atomic E-state index is -3.68. The molecule has 164 valence electrons. The van der Waals surface area contributed by atoms with Gasteiger partial charge in [0.25, 0.3) is 0 Å². The Hall–Kier alpha value is -3.43. The van der Waals surface area contributed by atoms with Crippen LogP contribution < -0.4 is 4.74 Å². The molecule has 0 spiro atoms. The van der Waals surface area contributed by atoms with Crippen LogP contribution in [0.5, 0.6) is 5.75 Å². The summed E-state index contributed by atoms with van der Waals surface area (Å²) in [7, 11) is -2.14. The lowest BCUT2D eigenvalue weighted by Crippen LogP contribution is -2.27. The number of aromatic nitrogens is 1. The Bertz CT molecular complexity index is 1470. The van der Waals surface area contributed by atoms with Crippen molar-refractivity contribution >= 4 is 37.9 Å². The van der Waals surface area contributed by atoms with Gasteiger partial charge in [-0.1, -0.05) is 12.1 Å². The topological polar surface area (TPSA) is 110 Å². The first-order valence-electron chi connectivity index (χ1n) is 10.1. The molecule has 5 rings (SSSR count). The molecule has 3 heterocycles. The van der Waals surface area contributed by atoms with Gasteiger partial charge in [-0.2, -0.15) is 4.31 Å². The van der Waals surface area contributed by atoms with E-state index in [9.17, 15) is 18.3 Å². The highest BCUT2D eigenvalue weighted by atomic mass is 32.2. The smallest absolute Gasteiger partial charge is 0.336 e. The predicted octanol–water partition coefficient (Wildman–Crippen LogP) is 4.14. The maximum Gasteiger partial charge on any atom is 0.336 e. The minimum Gasteiger partial charge on any atom is -0.493 e. The zero-order chi connectivity index (χ0) is 22.5. The summed E-state index contributed by atoms with van der Waals surface area (Å²) in [6, 6.07) is 13.0. The number of sulfonamides is 1. The number of carbonyl (C=O) groups is 1. The molecule has 0 bridgehead atoms. The van der Waals surface area contributed by atoms with E-state index < -0.39 is 16.0 Å². The van der Waals surface area contributed by atoms with Crippen molar-refractivity contribution in [3.05, 3.63) is 54.1 Å². The van der Waals surface area contributed by atoms with E-state index in [1.807, 2.05) is 12.1 Å². The Morgan fingerprint density at radius 2 is 1.91 bits per heavy atom. The van der Waals surface area contributed by atoms with E-state index in [0.717, 1.165) is 18.2 Å². The summed E-state index contributed by atoms with van der Waals surface area (Å²) in [5, 5.41) is 10.9. The average Bonchev–Trinajstić information content (AvgIpc) is 3.48. The number of nitrogens with zero attached hydrogens (tertiary/aromatic N) is 2. The van der Waals surface area contributed by atoms with Crippen molar-refractivity contribution in [1.82, 2.24) is 9.29 Å². The maximum absolute atomic E-state index is 12.9. The molecule has 2 aromatic carbocycles. The van der Waals surface area contributed by atoms with Crippen molar-refractivity contribution in [3.8, 4) is 17.2 Å². The first-order valence-corrected chi connectivity index (χ1v) is 11.6. The Kier molecular flexibility index (Phi) is 4.87. The van der Waals surface area contributed by atoms with Crippen LogP contribution >= 0.6 is 0 Å². The van der Waals surface area contributed by atoms with Crippen LogP contribution in [0.25, 0.3) is 33.3 Å². The summed E-state index contributed by atoms with van der Waals surface area (Å²) in [5.41, 5.74) is 1.20. The number of pyridine rings is 1. The summed E-state index contributed by atoms with van der Waals surface area (Å²) in [6.45, 7) is 0.942. The van der Waals surface area contributed by atoms with E-state index in [0.29, 0.717) is 41.4 Å². The quantitative estimate of drug-likeness (QED) is 0.485. The third-order valence-corrected chi connectivity index (χ3v) is 7.59. The number of carboxylic acids is 1. The number of ether oxygens (including phenoxy) is 1. The van der Waals surface area contributed by atoms with Gasteiger partial charge in [-0.15, -0.1) is 0 Å². The van der Waals surface area contributed by atoms with Crippen LogP contribution in [-0.4, -0.2) is 49.0 Å². The highest BCUT2D eigenvalue weighted by molar-refractivity contribution is 7.89.